The molecule has 6 heteroatoms. The second-order valence-electron chi connectivity index (χ2n) is 3.22. The van der Waals surface area contributed by atoms with Crippen molar-refractivity contribution in [3.63, 3.8) is 0 Å². The van der Waals surface area contributed by atoms with Gasteiger partial charge < -0.3 is 14.8 Å². The van der Waals surface area contributed by atoms with E-state index in [2.05, 4.69) is 26.2 Å². The summed E-state index contributed by atoms with van der Waals surface area (Å²) in [6, 6.07) is 0.450. The fraction of sp³-hybridized carbons (Fsp3) is 0.545. The Kier molecular flexibility index (Phi) is 5.58. The first-order valence-corrected chi connectivity index (χ1v) is 5.31. The summed E-state index contributed by atoms with van der Waals surface area (Å²) >= 11 is 0. The molecule has 1 rings (SSSR count). The minimum absolute atomic E-state index is 0.225. The number of aromatic nitrogens is 3. The van der Waals surface area contributed by atoms with Gasteiger partial charge in [-0.1, -0.05) is 0 Å². The van der Waals surface area contributed by atoms with Gasteiger partial charge in [0, 0.05) is 13.0 Å². The average molecular weight is 236 g/mol. The maximum Gasteiger partial charge on any atom is 0.324 e. The summed E-state index contributed by atoms with van der Waals surface area (Å²) in [5, 5.41) is 3.06. The Morgan fingerprint density at radius 3 is 2.29 bits per heavy atom. The summed E-state index contributed by atoms with van der Waals surface area (Å²) in [5.74, 6) is 3.03. The zero-order valence-corrected chi connectivity index (χ0v) is 10.1. The van der Waals surface area contributed by atoms with Gasteiger partial charge in [0.05, 0.1) is 14.2 Å². The van der Waals surface area contributed by atoms with Crippen LogP contribution in [0.25, 0.3) is 0 Å². The molecule has 1 aromatic heterocycles. The van der Waals surface area contributed by atoms with Crippen LogP contribution in [0.2, 0.25) is 0 Å². The number of methoxy groups -OCH3 is 2. The smallest absolute Gasteiger partial charge is 0.324 e. The molecule has 0 aromatic carbocycles. The lowest BCUT2D eigenvalue weighted by molar-refractivity contribution is 0.341. The number of hydrogen-bond acceptors (Lipinski definition) is 6. The van der Waals surface area contributed by atoms with Crippen molar-refractivity contribution in [2.75, 3.05) is 26.1 Å². The molecule has 6 nitrogen and oxygen atoms in total. The van der Waals surface area contributed by atoms with E-state index in [0.717, 1.165) is 25.8 Å². The second kappa shape index (κ2) is 7.28. The fourth-order valence-corrected chi connectivity index (χ4v) is 1.15. The normalized spacial score (nSPS) is 9.47. The third-order valence-corrected chi connectivity index (χ3v) is 1.99. The van der Waals surface area contributed by atoms with Crippen molar-refractivity contribution in [1.82, 2.24) is 15.0 Å². The maximum absolute atomic E-state index is 5.16. The van der Waals surface area contributed by atoms with Crippen molar-refractivity contribution in [3.8, 4) is 24.4 Å². The van der Waals surface area contributed by atoms with Gasteiger partial charge in [0.25, 0.3) is 0 Å². The van der Waals surface area contributed by atoms with Crippen LogP contribution in [0, 0.1) is 12.3 Å². The van der Waals surface area contributed by atoms with Crippen molar-refractivity contribution in [3.05, 3.63) is 0 Å². The highest BCUT2D eigenvalue weighted by molar-refractivity contribution is 5.27. The van der Waals surface area contributed by atoms with Gasteiger partial charge in [-0.2, -0.15) is 9.97 Å². The molecule has 0 saturated heterocycles. The lowest BCUT2D eigenvalue weighted by Crippen LogP contribution is -2.08. The summed E-state index contributed by atoms with van der Waals surface area (Å²) in [7, 11) is 2.98. The van der Waals surface area contributed by atoms with Crippen LogP contribution in [0.4, 0.5) is 5.95 Å². The number of unbranched alkanes of at least 4 members (excludes halogenated alkanes) is 2. The van der Waals surface area contributed by atoms with E-state index in [9.17, 15) is 0 Å². The predicted octanol–water partition coefficient (Wildman–Crippen LogP) is 1.10. The van der Waals surface area contributed by atoms with E-state index in [-0.39, 0.29) is 12.0 Å². The highest BCUT2D eigenvalue weighted by Crippen LogP contribution is 2.11. The van der Waals surface area contributed by atoms with Gasteiger partial charge in [-0.15, -0.1) is 17.3 Å². The molecule has 0 aliphatic carbocycles. The van der Waals surface area contributed by atoms with E-state index in [4.69, 9.17) is 15.9 Å². The van der Waals surface area contributed by atoms with E-state index in [1.807, 2.05) is 0 Å². The van der Waals surface area contributed by atoms with Gasteiger partial charge >= 0.3 is 12.0 Å². The third kappa shape index (κ3) is 4.55. The van der Waals surface area contributed by atoms with E-state index in [1.165, 1.54) is 14.2 Å². The minimum Gasteiger partial charge on any atom is -0.467 e. The van der Waals surface area contributed by atoms with Crippen LogP contribution < -0.4 is 14.8 Å². The van der Waals surface area contributed by atoms with E-state index in [1.54, 1.807) is 0 Å². The summed E-state index contributed by atoms with van der Waals surface area (Å²) in [4.78, 5) is 12.0. The molecule has 0 amide bonds. The number of terminal acetylenes is 1. The lowest BCUT2D eigenvalue weighted by Gasteiger charge is -2.06. The van der Waals surface area contributed by atoms with E-state index < -0.39 is 0 Å². The molecule has 0 saturated carbocycles. The number of nitrogens with one attached hydrogen (secondary N) is 1. The molecule has 0 spiro atoms. The Morgan fingerprint density at radius 2 is 1.76 bits per heavy atom. The molecule has 0 atom stereocenters. The van der Waals surface area contributed by atoms with Crippen LogP contribution in [-0.4, -0.2) is 35.7 Å². The van der Waals surface area contributed by atoms with Crippen LogP contribution in [0.1, 0.15) is 19.3 Å². The van der Waals surface area contributed by atoms with Gasteiger partial charge in [0.15, 0.2) is 0 Å². The first kappa shape index (κ1) is 13.0. The van der Waals surface area contributed by atoms with Crippen molar-refractivity contribution in [1.29, 1.82) is 0 Å². The monoisotopic (exact) mass is 236 g/mol. The number of anilines is 1. The summed E-state index contributed by atoms with van der Waals surface area (Å²) in [6.07, 6.45) is 7.88. The number of ether oxygens (including phenoxy) is 2. The first-order chi connectivity index (χ1) is 8.30. The van der Waals surface area contributed by atoms with Crippen molar-refractivity contribution in [2.45, 2.75) is 19.3 Å². The Morgan fingerprint density at radius 1 is 1.12 bits per heavy atom. The molecule has 0 unspecified atom stereocenters. The third-order valence-electron chi connectivity index (χ3n) is 1.99. The van der Waals surface area contributed by atoms with Crippen molar-refractivity contribution >= 4 is 5.95 Å². The minimum atomic E-state index is 0.225. The maximum atomic E-state index is 5.16. The highest BCUT2D eigenvalue weighted by atomic mass is 16.5. The standard InChI is InChI=1S/C11H16N4O2/c1-4-5-6-7-8-12-9-13-10(16-2)15-11(14-9)17-3/h1H,5-8H2,2-3H3,(H,12,13,14,15). The first-order valence-electron chi connectivity index (χ1n) is 5.31. The van der Waals surface area contributed by atoms with Crippen molar-refractivity contribution < 1.29 is 9.47 Å². The second-order valence-corrected chi connectivity index (χ2v) is 3.22. The van der Waals surface area contributed by atoms with E-state index in [0.29, 0.717) is 5.95 Å². The average Bonchev–Trinajstić information content (AvgIpc) is 2.38. The number of nitrogens with zero attached hydrogens (tertiary/aromatic N) is 3. The van der Waals surface area contributed by atoms with Crippen LogP contribution >= 0.6 is 0 Å². The van der Waals surface area contributed by atoms with Gasteiger partial charge in [0.2, 0.25) is 5.95 Å². The molecule has 92 valence electrons. The summed E-state index contributed by atoms with van der Waals surface area (Å²) in [6.45, 7) is 0.748. The molecule has 0 fully saturated rings. The Bertz CT molecular complexity index is 367. The van der Waals surface area contributed by atoms with Crippen molar-refractivity contribution in [2.24, 2.45) is 0 Å². The summed E-state index contributed by atoms with van der Waals surface area (Å²) < 4.78 is 9.87. The molecule has 0 bridgehead atoms. The van der Waals surface area contributed by atoms with E-state index >= 15 is 0 Å². The SMILES string of the molecule is C#CCCCCNc1nc(OC)nc(OC)n1. The zero-order chi connectivity index (χ0) is 12.5. The Balaban J connectivity index is 2.49. The Hall–Kier alpha value is -2.03. The topological polar surface area (TPSA) is 69.2 Å². The Labute approximate surface area is 101 Å². The van der Waals surface area contributed by atoms with Gasteiger partial charge in [-0.05, 0) is 12.8 Å². The molecule has 17 heavy (non-hydrogen) atoms. The molecule has 1 aromatic rings. The van der Waals surface area contributed by atoms with Crippen LogP contribution in [0.15, 0.2) is 0 Å². The lowest BCUT2D eigenvalue weighted by atomic mass is 10.2. The molecular weight excluding hydrogens is 220 g/mol. The van der Waals surface area contributed by atoms with Gasteiger partial charge in [0.1, 0.15) is 0 Å². The molecule has 1 N–H and O–H groups in total. The quantitative estimate of drug-likeness (QED) is 0.565. The van der Waals surface area contributed by atoms with Gasteiger partial charge in [-0.3, -0.25) is 0 Å². The molecule has 0 radical (unpaired) electrons. The van der Waals surface area contributed by atoms with Crippen LogP contribution in [-0.2, 0) is 0 Å². The molecule has 0 aliphatic rings. The number of hydrogen-bond donors (Lipinski definition) is 1. The largest absolute Gasteiger partial charge is 0.467 e. The zero-order valence-electron chi connectivity index (χ0n) is 10.1. The summed E-state index contributed by atoms with van der Waals surface area (Å²) in [5.41, 5.74) is 0. The fourth-order valence-electron chi connectivity index (χ4n) is 1.15. The van der Waals surface area contributed by atoms with Crippen LogP contribution in [0.5, 0.6) is 12.0 Å². The molecule has 1 heterocycles. The molecular formula is C11H16N4O2. The predicted molar refractivity (Wildman–Crippen MR) is 64.1 cm³/mol. The highest BCUT2D eigenvalue weighted by Gasteiger charge is 2.05. The van der Waals surface area contributed by atoms with Crippen LogP contribution in [0.3, 0.4) is 0 Å². The number of rotatable bonds is 7. The van der Waals surface area contributed by atoms with Gasteiger partial charge in [-0.25, -0.2) is 0 Å². The molecule has 0 aliphatic heterocycles.